The average Bonchev–Trinajstić information content (AvgIpc) is 2.40. The van der Waals surface area contributed by atoms with Crippen LogP contribution in [0, 0.1) is 9.49 Å². The van der Waals surface area contributed by atoms with Crippen molar-refractivity contribution in [2.45, 2.75) is 19.3 Å². The van der Waals surface area contributed by atoms with Crippen molar-refractivity contribution >= 4 is 39.9 Å². The fourth-order valence-corrected chi connectivity index (χ4v) is 3.34. The lowest BCUT2D eigenvalue weighted by Gasteiger charge is -2.34. The van der Waals surface area contributed by atoms with Gasteiger partial charge in [-0.2, -0.15) is 0 Å². The van der Waals surface area contributed by atoms with E-state index in [-0.39, 0.29) is 0 Å². The molecule has 0 amide bonds. The van der Waals surface area contributed by atoms with E-state index >= 15 is 0 Å². The van der Waals surface area contributed by atoms with E-state index in [0.717, 1.165) is 19.0 Å². The molecular weight excluding hydrogens is 373 g/mol. The summed E-state index contributed by atoms with van der Waals surface area (Å²) < 4.78 is 1.19. The lowest BCUT2D eigenvalue weighted by Crippen LogP contribution is -2.35. The van der Waals surface area contributed by atoms with Gasteiger partial charge >= 0.3 is 0 Å². The summed E-state index contributed by atoms with van der Waals surface area (Å²) in [5.74, 6) is 0.869. The molecule has 1 fully saturated rings. The van der Waals surface area contributed by atoms with Gasteiger partial charge in [0.1, 0.15) is 5.15 Å². The highest BCUT2D eigenvalue weighted by Crippen LogP contribution is 2.29. The van der Waals surface area contributed by atoms with Gasteiger partial charge in [-0.05, 0) is 74.5 Å². The molecule has 0 spiro atoms. The Bertz CT molecular complexity index is 417. The minimum Gasteiger partial charge on any atom is -0.371 e. The van der Waals surface area contributed by atoms with Crippen LogP contribution < -0.4 is 4.90 Å². The average molecular weight is 394 g/mol. The first-order valence-electron chi connectivity index (χ1n) is 6.77. The number of hydrogen-bond acceptors (Lipinski definition) is 3. The van der Waals surface area contributed by atoms with Crippen LogP contribution in [-0.4, -0.2) is 43.6 Å². The number of halogens is 2. The van der Waals surface area contributed by atoms with E-state index < -0.39 is 0 Å². The zero-order valence-electron chi connectivity index (χ0n) is 11.6. The summed E-state index contributed by atoms with van der Waals surface area (Å²) in [5, 5.41) is 0.588. The van der Waals surface area contributed by atoms with E-state index in [2.05, 4.69) is 51.5 Å². The van der Waals surface area contributed by atoms with Crippen LogP contribution in [0.2, 0.25) is 5.15 Å². The van der Waals surface area contributed by atoms with Crippen molar-refractivity contribution in [3.05, 3.63) is 21.0 Å². The molecule has 0 radical (unpaired) electrons. The Morgan fingerprint density at radius 3 is 2.74 bits per heavy atom. The van der Waals surface area contributed by atoms with E-state index in [0.29, 0.717) is 5.15 Å². The summed E-state index contributed by atoms with van der Waals surface area (Å²) in [4.78, 5) is 8.85. The highest BCUT2D eigenvalue weighted by molar-refractivity contribution is 14.1. The molecule has 0 atom stereocenters. The van der Waals surface area contributed by atoms with Crippen LogP contribution in [0.25, 0.3) is 0 Å². The normalized spacial score (nSPS) is 17.2. The summed E-state index contributed by atoms with van der Waals surface area (Å²) >= 11 is 8.34. The van der Waals surface area contributed by atoms with Crippen molar-refractivity contribution in [2.75, 3.05) is 38.6 Å². The fourth-order valence-electron chi connectivity index (χ4n) is 2.55. The monoisotopic (exact) mass is 393 g/mol. The summed E-state index contributed by atoms with van der Waals surface area (Å²) in [6.45, 7) is 3.46. The molecule has 1 aromatic rings. The summed E-state index contributed by atoms with van der Waals surface area (Å²) in [5.41, 5.74) is 1.24. The van der Waals surface area contributed by atoms with Gasteiger partial charge in [0.2, 0.25) is 0 Å². The molecule has 2 heterocycles. The number of anilines is 1. The van der Waals surface area contributed by atoms with Gasteiger partial charge in [-0.15, -0.1) is 0 Å². The molecule has 19 heavy (non-hydrogen) atoms. The van der Waals surface area contributed by atoms with Gasteiger partial charge in [0, 0.05) is 19.3 Å². The second-order valence-corrected chi connectivity index (χ2v) is 7.03. The lowest BCUT2D eigenvalue weighted by atomic mass is 9.93. The number of nitrogens with zero attached hydrogens (tertiary/aromatic N) is 3. The highest BCUT2D eigenvalue weighted by atomic mass is 127. The maximum atomic E-state index is 6.00. The molecule has 1 aliphatic heterocycles. The standard InChI is InChI=1S/C14H21ClIN3/c1-18(2)6-3-11-4-7-19(8-5-11)13-9-14(15)17-10-12(13)16/h9-11H,3-8H2,1-2H3. The van der Waals surface area contributed by atoms with Gasteiger partial charge in [0.15, 0.2) is 0 Å². The molecule has 1 aromatic heterocycles. The Hall–Kier alpha value is -0.0700. The molecule has 0 aliphatic carbocycles. The molecule has 2 rings (SSSR count). The smallest absolute Gasteiger partial charge is 0.131 e. The van der Waals surface area contributed by atoms with Crippen LogP contribution >= 0.6 is 34.2 Å². The third kappa shape index (κ3) is 4.46. The van der Waals surface area contributed by atoms with Crippen LogP contribution in [0.1, 0.15) is 19.3 Å². The van der Waals surface area contributed by atoms with Crippen molar-refractivity contribution in [3.8, 4) is 0 Å². The maximum absolute atomic E-state index is 6.00. The minimum atomic E-state index is 0.588. The zero-order chi connectivity index (χ0) is 13.8. The van der Waals surface area contributed by atoms with Crippen molar-refractivity contribution in [3.63, 3.8) is 0 Å². The Balaban J connectivity index is 1.90. The van der Waals surface area contributed by atoms with E-state index in [1.165, 1.54) is 35.1 Å². The van der Waals surface area contributed by atoms with Crippen LogP contribution in [0.3, 0.4) is 0 Å². The molecular formula is C14H21ClIN3. The first-order valence-corrected chi connectivity index (χ1v) is 8.22. The van der Waals surface area contributed by atoms with Crippen LogP contribution in [0.15, 0.2) is 12.3 Å². The summed E-state index contributed by atoms with van der Waals surface area (Å²) in [6, 6.07) is 1.99. The van der Waals surface area contributed by atoms with Crippen LogP contribution in [-0.2, 0) is 0 Å². The Morgan fingerprint density at radius 2 is 2.11 bits per heavy atom. The molecule has 0 unspecified atom stereocenters. The first-order chi connectivity index (χ1) is 9.06. The summed E-state index contributed by atoms with van der Waals surface area (Å²) in [6.07, 6.45) is 5.74. The Morgan fingerprint density at radius 1 is 1.42 bits per heavy atom. The second kappa shape index (κ2) is 7.09. The molecule has 0 N–H and O–H groups in total. The van der Waals surface area contributed by atoms with Crippen molar-refractivity contribution in [2.24, 2.45) is 5.92 Å². The van der Waals surface area contributed by atoms with Crippen molar-refractivity contribution in [1.29, 1.82) is 0 Å². The zero-order valence-corrected chi connectivity index (χ0v) is 14.5. The third-order valence-electron chi connectivity index (χ3n) is 3.74. The molecule has 5 heteroatoms. The predicted octanol–water partition coefficient (Wildman–Crippen LogP) is 3.51. The highest BCUT2D eigenvalue weighted by Gasteiger charge is 2.21. The fraction of sp³-hybridized carbons (Fsp3) is 0.643. The molecule has 1 saturated heterocycles. The van der Waals surface area contributed by atoms with E-state index in [1.54, 1.807) is 0 Å². The number of rotatable bonds is 4. The molecule has 0 bridgehead atoms. The molecule has 106 valence electrons. The van der Waals surface area contributed by atoms with Gasteiger partial charge in [-0.1, -0.05) is 11.6 Å². The SMILES string of the molecule is CN(C)CCC1CCN(c2cc(Cl)ncc2I)CC1. The molecule has 1 aliphatic rings. The van der Waals surface area contributed by atoms with E-state index in [4.69, 9.17) is 11.6 Å². The quantitative estimate of drug-likeness (QED) is 0.576. The largest absolute Gasteiger partial charge is 0.371 e. The van der Waals surface area contributed by atoms with Gasteiger partial charge in [-0.3, -0.25) is 0 Å². The summed E-state index contributed by atoms with van der Waals surface area (Å²) in [7, 11) is 4.30. The van der Waals surface area contributed by atoms with E-state index in [9.17, 15) is 0 Å². The van der Waals surface area contributed by atoms with Crippen LogP contribution in [0.4, 0.5) is 5.69 Å². The lowest BCUT2D eigenvalue weighted by molar-refractivity contribution is 0.313. The van der Waals surface area contributed by atoms with Gasteiger partial charge in [0.05, 0.1) is 9.26 Å². The number of piperidine rings is 1. The minimum absolute atomic E-state index is 0.588. The maximum Gasteiger partial charge on any atom is 0.131 e. The van der Waals surface area contributed by atoms with Gasteiger partial charge < -0.3 is 9.80 Å². The van der Waals surface area contributed by atoms with Crippen molar-refractivity contribution < 1.29 is 0 Å². The topological polar surface area (TPSA) is 19.4 Å². The Kier molecular flexibility index (Phi) is 5.71. The van der Waals surface area contributed by atoms with Gasteiger partial charge in [0.25, 0.3) is 0 Å². The first kappa shape index (κ1) is 15.3. The molecule has 0 aromatic carbocycles. The number of aromatic nitrogens is 1. The predicted molar refractivity (Wildman–Crippen MR) is 90.1 cm³/mol. The van der Waals surface area contributed by atoms with E-state index in [1.807, 2.05) is 12.3 Å². The Labute approximate surface area is 134 Å². The van der Waals surface area contributed by atoms with Crippen molar-refractivity contribution in [1.82, 2.24) is 9.88 Å². The number of hydrogen-bond donors (Lipinski definition) is 0. The number of pyridine rings is 1. The molecule has 0 saturated carbocycles. The van der Waals surface area contributed by atoms with Crippen LogP contribution in [0.5, 0.6) is 0 Å². The second-order valence-electron chi connectivity index (χ2n) is 5.48. The van der Waals surface area contributed by atoms with Gasteiger partial charge in [-0.25, -0.2) is 4.98 Å². The molecule has 3 nitrogen and oxygen atoms in total. The third-order valence-corrected chi connectivity index (χ3v) is 4.78.